The van der Waals surface area contributed by atoms with Crippen LogP contribution in [0.15, 0.2) is 12.3 Å². The van der Waals surface area contributed by atoms with Gasteiger partial charge in [0.15, 0.2) is 0 Å². The van der Waals surface area contributed by atoms with Crippen LogP contribution in [0.2, 0.25) is 0 Å². The van der Waals surface area contributed by atoms with Crippen molar-refractivity contribution < 1.29 is 9.53 Å². The summed E-state index contributed by atoms with van der Waals surface area (Å²) in [6.07, 6.45) is 0.693. The lowest BCUT2D eigenvalue weighted by molar-refractivity contribution is -0.138. The summed E-state index contributed by atoms with van der Waals surface area (Å²) in [5.74, 6) is 0.486. The van der Waals surface area contributed by atoms with E-state index in [4.69, 9.17) is 0 Å². The number of carbonyl (C=O) groups is 1. The summed E-state index contributed by atoms with van der Waals surface area (Å²) in [5.41, 5.74) is 0. The second-order valence-corrected chi connectivity index (χ2v) is 2.06. The quantitative estimate of drug-likeness (QED) is 0.438. The van der Waals surface area contributed by atoms with Crippen LogP contribution in [0.5, 0.6) is 0 Å². The highest BCUT2D eigenvalue weighted by Gasteiger charge is 2.24. The van der Waals surface area contributed by atoms with Gasteiger partial charge in [0.1, 0.15) is 5.76 Å². The van der Waals surface area contributed by atoms with E-state index in [-0.39, 0.29) is 11.9 Å². The van der Waals surface area contributed by atoms with Crippen molar-refractivity contribution in [3.05, 3.63) is 12.3 Å². The average molecular weight is 112 g/mol. The third-order valence-electron chi connectivity index (χ3n) is 1.18. The number of esters is 1. The second kappa shape index (κ2) is 1.62. The topological polar surface area (TPSA) is 26.3 Å². The van der Waals surface area contributed by atoms with Gasteiger partial charge in [-0.25, -0.2) is 0 Å². The fourth-order valence-corrected chi connectivity index (χ4v) is 0.709. The van der Waals surface area contributed by atoms with Crippen molar-refractivity contribution >= 4 is 5.97 Å². The van der Waals surface area contributed by atoms with Crippen LogP contribution in [0.25, 0.3) is 0 Å². The summed E-state index contributed by atoms with van der Waals surface area (Å²) in [6, 6.07) is 0. The molecule has 2 heteroatoms. The molecule has 0 spiro atoms. The first kappa shape index (κ1) is 5.35. The molecular formula is C6H8O2. The zero-order valence-electron chi connectivity index (χ0n) is 4.81. The van der Waals surface area contributed by atoms with Crippen molar-refractivity contribution in [3.8, 4) is 0 Å². The minimum atomic E-state index is -0.144. The molecule has 8 heavy (non-hydrogen) atoms. The molecule has 0 aromatic carbocycles. The van der Waals surface area contributed by atoms with Crippen LogP contribution in [0.4, 0.5) is 0 Å². The third kappa shape index (κ3) is 0.735. The Bertz CT molecular complexity index is 137. The normalized spacial score (nSPS) is 28.4. The van der Waals surface area contributed by atoms with E-state index in [0.29, 0.717) is 12.2 Å². The molecule has 44 valence electrons. The highest BCUT2D eigenvalue weighted by atomic mass is 16.5. The maximum absolute atomic E-state index is 10.5. The van der Waals surface area contributed by atoms with Gasteiger partial charge in [-0.3, -0.25) is 4.79 Å². The Labute approximate surface area is 48.1 Å². The van der Waals surface area contributed by atoms with Gasteiger partial charge in [-0.05, 0) is 0 Å². The number of carbonyl (C=O) groups excluding carboxylic acids is 1. The first-order valence-electron chi connectivity index (χ1n) is 2.59. The number of allylic oxidation sites excluding steroid dienone is 1. The van der Waals surface area contributed by atoms with E-state index in [2.05, 4.69) is 11.3 Å². The molecule has 0 bridgehead atoms. The first-order chi connectivity index (χ1) is 3.70. The lowest BCUT2D eigenvalue weighted by atomic mass is 10.1. The molecule has 1 heterocycles. The fourth-order valence-electron chi connectivity index (χ4n) is 0.709. The minimum absolute atomic E-state index is 0.0301. The van der Waals surface area contributed by atoms with Crippen molar-refractivity contribution in [3.63, 3.8) is 0 Å². The van der Waals surface area contributed by atoms with Crippen LogP contribution in [-0.4, -0.2) is 5.97 Å². The van der Waals surface area contributed by atoms with Gasteiger partial charge in [0.2, 0.25) is 0 Å². The Morgan fingerprint density at radius 3 is 2.62 bits per heavy atom. The highest BCUT2D eigenvalue weighted by molar-refractivity contribution is 5.75. The van der Waals surface area contributed by atoms with Gasteiger partial charge in [-0.2, -0.15) is 0 Å². The fraction of sp³-hybridized carbons (Fsp3) is 0.500. The molecule has 1 atom stereocenters. The van der Waals surface area contributed by atoms with E-state index in [1.54, 1.807) is 0 Å². The van der Waals surface area contributed by atoms with Crippen molar-refractivity contribution in [1.29, 1.82) is 0 Å². The number of hydrogen-bond donors (Lipinski definition) is 0. The van der Waals surface area contributed by atoms with E-state index in [9.17, 15) is 4.79 Å². The van der Waals surface area contributed by atoms with E-state index >= 15 is 0 Å². The van der Waals surface area contributed by atoms with Crippen LogP contribution < -0.4 is 0 Å². The number of hydrogen-bond acceptors (Lipinski definition) is 2. The third-order valence-corrected chi connectivity index (χ3v) is 1.18. The summed E-state index contributed by atoms with van der Waals surface area (Å²) in [4.78, 5) is 10.5. The molecule has 0 aromatic heterocycles. The van der Waals surface area contributed by atoms with Gasteiger partial charge in [-0.15, -0.1) is 0 Å². The monoisotopic (exact) mass is 112 g/mol. The van der Waals surface area contributed by atoms with Crippen LogP contribution in [-0.2, 0) is 9.53 Å². The summed E-state index contributed by atoms with van der Waals surface area (Å²) < 4.78 is 4.64. The van der Waals surface area contributed by atoms with Gasteiger partial charge in [0.05, 0.1) is 5.92 Å². The molecule has 1 fully saturated rings. The maximum Gasteiger partial charge on any atom is 0.314 e. The predicted octanol–water partition coefficient (Wildman–Crippen LogP) is 1.08. The molecular weight excluding hydrogens is 104 g/mol. The molecule has 0 amide bonds. The standard InChI is InChI=1S/C6H8O2/c1-4-3-5(2)8-6(4)7/h4H,2-3H2,1H3. The molecule has 1 rings (SSSR count). The van der Waals surface area contributed by atoms with Gasteiger partial charge in [0.25, 0.3) is 0 Å². The van der Waals surface area contributed by atoms with Crippen LogP contribution in [0.1, 0.15) is 13.3 Å². The lowest BCUT2D eigenvalue weighted by Crippen LogP contribution is -2.00. The Hall–Kier alpha value is -0.790. The molecule has 1 aliphatic rings. The molecule has 1 aliphatic heterocycles. The number of ether oxygens (including phenoxy) is 1. The Balaban J connectivity index is 2.64. The molecule has 0 radical (unpaired) electrons. The molecule has 1 unspecified atom stereocenters. The summed E-state index contributed by atoms with van der Waals surface area (Å²) in [5, 5.41) is 0. The average Bonchev–Trinajstić information content (AvgIpc) is 1.85. The largest absolute Gasteiger partial charge is 0.431 e. The Kier molecular flexibility index (Phi) is 1.08. The van der Waals surface area contributed by atoms with E-state index in [1.165, 1.54) is 0 Å². The maximum atomic E-state index is 10.5. The highest BCUT2D eigenvalue weighted by Crippen LogP contribution is 2.21. The van der Waals surface area contributed by atoms with Crippen molar-refractivity contribution in [1.82, 2.24) is 0 Å². The lowest BCUT2D eigenvalue weighted by Gasteiger charge is -1.88. The van der Waals surface area contributed by atoms with Crippen molar-refractivity contribution in [2.24, 2.45) is 5.92 Å². The van der Waals surface area contributed by atoms with Gasteiger partial charge in [0, 0.05) is 6.42 Å². The molecule has 1 saturated heterocycles. The number of rotatable bonds is 0. The van der Waals surface area contributed by atoms with Crippen LogP contribution in [0.3, 0.4) is 0 Å². The second-order valence-electron chi connectivity index (χ2n) is 2.06. The van der Waals surface area contributed by atoms with E-state index in [0.717, 1.165) is 0 Å². The SMILES string of the molecule is C=C1CC(C)C(=O)O1. The van der Waals surface area contributed by atoms with Crippen LogP contribution >= 0.6 is 0 Å². The first-order valence-corrected chi connectivity index (χ1v) is 2.59. The summed E-state index contributed by atoms with van der Waals surface area (Å²) in [6.45, 7) is 5.35. The zero-order valence-corrected chi connectivity index (χ0v) is 4.81. The number of cyclic esters (lactones) is 1. The van der Waals surface area contributed by atoms with Crippen molar-refractivity contribution in [2.45, 2.75) is 13.3 Å². The molecule has 0 N–H and O–H groups in total. The molecule has 0 saturated carbocycles. The molecule has 0 aliphatic carbocycles. The summed E-state index contributed by atoms with van der Waals surface area (Å²) >= 11 is 0. The van der Waals surface area contributed by atoms with E-state index in [1.807, 2.05) is 6.92 Å². The van der Waals surface area contributed by atoms with Crippen molar-refractivity contribution in [2.75, 3.05) is 0 Å². The van der Waals surface area contributed by atoms with Gasteiger partial charge >= 0.3 is 5.97 Å². The van der Waals surface area contributed by atoms with Crippen LogP contribution in [0, 0.1) is 5.92 Å². The zero-order chi connectivity index (χ0) is 6.15. The van der Waals surface area contributed by atoms with Gasteiger partial charge < -0.3 is 4.74 Å². The van der Waals surface area contributed by atoms with Gasteiger partial charge in [-0.1, -0.05) is 13.5 Å². The Morgan fingerprint density at radius 2 is 2.50 bits per heavy atom. The smallest absolute Gasteiger partial charge is 0.314 e. The Morgan fingerprint density at radius 1 is 1.88 bits per heavy atom. The summed E-state index contributed by atoms with van der Waals surface area (Å²) in [7, 11) is 0. The van der Waals surface area contributed by atoms with E-state index < -0.39 is 0 Å². The predicted molar refractivity (Wildman–Crippen MR) is 29.0 cm³/mol. The molecule has 2 nitrogen and oxygen atoms in total. The minimum Gasteiger partial charge on any atom is -0.431 e. The molecule has 0 aromatic rings.